The van der Waals surface area contributed by atoms with Crippen LogP contribution >= 0.6 is 0 Å². The molecule has 33 heavy (non-hydrogen) atoms. The third-order valence-corrected chi connectivity index (χ3v) is 6.39. The Morgan fingerprint density at radius 1 is 1.09 bits per heavy atom. The zero-order valence-corrected chi connectivity index (χ0v) is 20.8. The largest absolute Gasteiger partial charge is 0.356 e. The van der Waals surface area contributed by atoms with Crippen LogP contribution in [0.15, 0.2) is 53.5 Å². The predicted molar refractivity (Wildman–Crippen MR) is 137 cm³/mol. The molecule has 3 rings (SSSR count). The second-order valence-corrected chi connectivity index (χ2v) is 9.33. The lowest BCUT2D eigenvalue weighted by atomic mass is 9.95. The number of aliphatic imine (C=N–C) groups is 1. The fourth-order valence-corrected chi connectivity index (χ4v) is 4.45. The van der Waals surface area contributed by atoms with Gasteiger partial charge in [-0.1, -0.05) is 50.2 Å². The monoisotopic (exact) mass is 449 g/mol. The average Bonchev–Trinajstić information content (AvgIpc) is 2.82. The van der Waals surface area contributed by atoms with Gasteiger partial charge in [-0.25, -0.2) is 0 Å². The fraction of sp³-hybridized carbons (Fsp3) is 0.481. The highest BCUT2D eigenvalue weighted by Gasteiger charge is 2.25. The van der Waals surface area contributed by atoms with Crippen LogP contribution in [-0.4, -0.2) is 68.5 Å². The summed E-state index contributed by atoms with van der Waals surface area (Å²) < 4.78 is 0. The standard InChI is InChI=1S/C27H39N5O/c1-20(2)25(32-16-14-22-10-6-7-11-24(22)19-32)18-30-27(28-3)29-15-13-21-9-8-12-23(17-21)26(33)31(4)5/h6-12,17,20,25H,13-16,18-19H2,1-5H3,(H2,28,29,30). The molecule has 0 aliphatic carbocycles. The number of guanidine groups is 1. The molecule has 1 amide bonds. The highest BCUT2D eigenvalue weighted by Crippen LogP contribution is 2.22. The van der Waals surface area contributed by atoms with Crippen molar-refractivity contribution in [2.75, 3.05) is 40.8 Å². The molecule has 0 aromatic heterocycles. The zero-order valence-electron chi connectivity index (χ0n) is 20.8. The summed E-state index contributed by atoms with van der Waals surface area (Å²) in [6, 6.07) is 17.1. The lowest BCUT2D eigenvalue weighted by Gasteiger charge is -2.38. The maximum absolute atomic E-state index is 12.2. The Labute approximate surface area is 199 Å². The molecular weight excluding hydrogens is 410 g/mol. The van der Waals surface area contributed by atoms with E-state index in [1.54, 1.807) is 19.0 Å². The van der Waals surface area contributed by atoms with Crippen LogP contribution in [0.5, 0.6) is 0 Å². The van der Waals surface area contributed by atoms with Gasteiger partial charge in [0.2, 0.25) is 0 Å². The average molecular weight is 450 g/mol. The molecule has 178 valence electrons. The Morgan fingerprint density at radius 2 is 1.85 bits per heavy atom. The first-order valence-corrected chi connectivity index (χ1v) is 11.9. The van der Waals surface area contributed by atoms with Crippen LogP contribution < -0.4 is 10.6 Å². The number of fused-ring (bicyclic) bond motifs is 1. The molecule has 0 saturated heterocycles. The van der Waals surface area contributed by atoms with Crippen molar-refractivity contribution >= 4 is 11.9 Å². The summed E-state index contributed by atoms with van der Waals surface area (Å²) in [6.45, 7) is 8.30. The van der Waals surface area contributed by atoms with Crippen LogP contribution in [0.2, 0.25) is 0 Å². The summed E-state index contributed by atoms with van der Waals surface area (Å²) in [6.07, 6.45) is 1.94. The van der Waals surface area contributed by atoms with Gasteiger partial charge in [0, 0.05) is 58.9 Å². The molecule has 2 aromatic rings. The molecule has 1 aliphatic heterocycles. The molecule has 0 bridgehead atoms. The van der Waals surface area contributed by atoms with Gasteiger partial charge in [-0.3, -0.25) is 14.7 Å². The van der Waals surface area contributed by atoms with Crippen molar-refractivity contribution in [3.05, 3.63) is 70.8 Å². The maximum Gasteiger partial charge on any atom is 0.253 e. The minimum Gasteiger partial charge on any atom is -0.356 e. The minimum absolute atomic E-state index is 0.0300. The number of carbonyl (C=O) groups excluding carboxylic acids is 1. The van der Waals surface area contributed by atoms with Crippen molar-refractivity contribution in [1.82, 2.24) is 20.4 Å². The van der Waals surface area contributed by atoms with E-state index in [2.05, 4.69) is 64.7 Å². The van der Waals surface area contributed by atoms with E-state index in [9.17, 15) is 4.79 Å². The number of nitrogens with one attached hydrogen (secondary N) is 2. The van der Waals surface area contributed by atoms with Gasteiger partial charge in [-0.05, 0) is 47.6 Å². The molecule has 6 heteroatoms. The minimum atomic E-state index is 0.0300. The number of hydrogen-bond donors (Lipinski definition) is 2. The smallest absolute Gasteiger partial charge is 0.253 e. The van der Waals surface area contributed by atoms with Crippen LogP contribution in [0.1, 0.15) is 40.9 Å². The first kappa shape index (κ1) is 24.8. The maximum atomic E-state index is 12.2. The van der Waals surface area contributed by atoms with Gasteiger partial charge in [0.1, 0.15) is 0 Å². The van der Waals surface area contributed by atoms with Gasteiger partial charge in [0.05, 0.1) is 0 Å². The van der Waals surface area contributed by atoms with E-state index in [-0.39, 0.29) is 5.91 Å². The lowest BCUT2D eigenvalue weighted by Crippen LogP contribution is -2.50. The molecule has 1 heterocycles. The van der Waals surface area contributed by atoms with Crippen molar-refractivity contribution < 1.29 is 4.79 Å². The number of nitrogens with zero attached hydrogens (tertiary/aromatic N) is 3. The van der Waals surface area contributed by atoms with E-state index in [4.69, 9.17) is 0 Å². The van der Waals surface area contributed by atoms with Gasteiger partial charge in [0.25, 0.3) is 5.91 Å². The summed E-state index contributed by atoms with van der Waals surface area (Å²) in [5.74, 6) is 1.39. The number of hydrogen-bond acceptors (Lipinski definition) is 3. The molecule has 6 nitrogen and oxygen atoms in total. The lowest BCUT2D eigenvalue weighted by molar-refractivity contribution is 0.0827. The first-order chi connectivity index (χ1) is 15.9. The highest BCUT2D eigenvalue weighted by atomic mass is 16.2. The predicted octanol–water partition coefficient (Wildman–Crippen LogP) is 3.18. The molecule has 1 unspecified atom stereocenters. The van der Waals surface area contributed by atoms with E-state index >= 15 is 0 Å². The normalized spacial score (nSPS) is 15.2. The summed E-state index contributed by atoms with van der Waals surface area (Å²) in [5.41, 5.74) is 4.80. The number of amides is 1. The Bertz CT molecular complexity index is 953. The highest BCUT2D eigenvalue weighted by molar-refractivity contribution is 5.94. The SMILES string of the molecule is CN=C(NCCc1cccc(C(=O)N(C)C)c1)NCC(C(C)C)N1CCc2ccccc2C1. The number of carbonyl (C=O) groups is 1. The second-order valence-electron chi connectivity index (χ2n) is 9.33. The van der Waals surface area contributed by atoms with Crippen molar-refractivity contribution in [2.45, 2.75) is 39.3 Å². The van der Waals surface area contributed by atoms with E-state index in [0.717, 1.165) is 56.1 Å². The van der Waals surface area contributed by atoms with Crippen molar-refractivity contribution in [3.8, 4) is 0 Å². The van der Waals surface area contributed by atoms with Crippen LogP contribution in [0.3, 0.4) is 0 Å². The van der Waals surface area contributed by atoms with E-state index in [1.165, 1.54) is 11.1 Å². The zero-order chi connectivity index (χ0) is 23.8. The summed E-state index contributed by atoms with van der Waals surface area (Å²) >= 11 is 0. The molecule has 0 radical (unpaired) electrons. The third kappa shape index (κ3) is 6.81. The Morgan fingerprint density at radius 3 is 2.55 bits per heavy atom. The van der Waals surface area contributed by atoms with Gasteiger partial charge in [-0.15, -0.1) is 0 Å². The first-order valence-electron chi connectivity index (χ1n) is 11.9. The topological polar surface area (TPSA) is 60.0 Å². The van der Waals surface area contributed by atoms with Crippen LogP contribution in [-0.2, 0) is 19.4 Å². The van der Waals surface area contributed by atoms with Gasteiger partial charge >= 0.3 is 0 Å². The Balaban J connectivity index is 1.51. The fourth-order valence-electron chi connectivity index (χ4n) is 4.45. The Hall–Kier alpha value is -2.86. The van der Waals surface area contributed by atoms with Gasteiger partial charge in [0.15, 0.2) is 5.96 Å². The van der Waals surface area contributed by atoms with E-state index in [0.29, 0.717) is 12.0 Å². The van der Waals surface area contributed by atoms with Crippen LogP contribution in [0.4, 0.5) is 0 Å². The molecule has 0 saturated carbocycles. The van der Waals surface area contributed by atoms with Crippen molar-refractivity contribution in [2.24, 2.45) is 10.9 Å². The molecule has 1 aliphatic rings. The van der Waals surface area contributed by atoms with Gasteiger partial charge in [-0.2, -0.15) is 0 Å². The number of rotatable bonds is 8. The van der Waals surface area contributed by atoms with Gasteiger partial charge < -0.3 is 15.5 Å². The molecule has 2 N–H and O–H groups in total. The molecule has 0 spiro atoms. The molecule has 0 fully saturated rings. The van der Waals surface area contributed by atoms with Crippen molar-refractivity contribution in [1.29, 1.82) is 0 Å². The molecular formula is C27H39N5O. The Kier molecular flexibility index (Phi) is 8.89. The summed E-state index contributed by atoms with van der Waals surface area (Å²) in [7, 11) is 5.37. The summed E-state index contributed by atoms with van der Waals surface area (Å²) in [4.78, 5) is 20.8. The molecule has 2 aromatic carbocycles. The number of benzene rings is 2. The van der Waals surface area contributed by atoms with E-state index in [1.807, 2.05) is 25.2 Å². The third-order valence-electron chi connectivity index (χ3n) is 6.39. The van der Waals surface area contributed by atoms with Crippen LogP contribution in [0.25, 0.3) is 0 Å². The second kappa shape index (κ2) is 11.8. The quantitative estimate of drug-likeness (QED) is 0.480. The summed E-state index contributed by atoms with van der Waals surface area (Å²) in [5, 5.41) is 6.97. The van der Waals surface area contributed by atoms with Crippen molar-refractivity contribution in [3.63, 3.8) is 0 Å². The molecule has 1 atom stereocenters. The van der Waals surface area contributed by atoms with Crippen LogP contribution in [0, 0.1) is 5.92 Å². The van der Waals surface area contributed by atoms with E-state index < -0.39 is 0 Å².